The Bertz CT molecular complexity index is 633. The highest BCUT2D eigenvalue weighted by molar-refractivity contribution is 6.22. The minimum Gasteiger partial charge on any atom is -0.469 e. The number of rotatable bonds is 2. The van der Waals surface area contributed by atoms with Crippen LogP contribution in [0.3, 0.4) is 0 Å². The quantitative estimate of drug-likeness (QED) is 0.847. The van der Waals surface area contributed by atoms with E-state index in [1.54, 1.807) is 6.26 Å². The van der Waals surface area contributed by atoms with Gasteiger partial charge in [0.15, 0.2) is 0 Å². The number of nitrogens with one attached hydrogen (secondary N) is 1. The van der Waals surface area contributed by atoms with Crippen molar-refractivity contribution in [2.45, 2.75) is 25.1 Å². The number of amides is 1. The summed E-state index contributed by atoms with van der Waals surface area (Å²) in [5, 5.41) is 2.65. The lowest BCUT2D eigenvalue weighted by Gasteiger charge is -2.18. The summed E-state index contributed by atoms with van der Waals surface area (Å²) in [5.41, 5.74) is 4.02. The maximum Gasteiger partial charge on any atom is 0.224 e. The van der Waals surface area contributed by atoms with E-state index in [2.05, 4.69) is 11.4 Å². The number of carbonyl (C=O) groups is 1. The van der Waals surface area contributed by atoms with Crippen LogP contribution in [-0.4, -0.2) is 5.91 Å². The second-order valence-electron chi connectivity index (χ2n) is 4.82. The van der Waals surface area contributed by atoms with E-state index in [1.165, 1.54) is 0 Å². The van der Waals surface area contributed by atoms with Gasteiger partial charge in [-0.3, -0.25) is 4.79 Å². The van der Waals surface area contributed by atoms with Crippen molar-refractivity contribution in [2.24, 2.45) is 0 Å². The summed E-state index contributed by atoms with van der Waals surface area (Å²) in [5.74, 6) is 0.930. The molecule has 4 heteroatoms. The summed E-state index contributed by atoms with van der Waals surface area (Å²) >= 11 is 6.47. The average Bonchev–Trinajstić information content (AvgIpc) is 2.84. The zero-order chi connectivity index (χ0) is 13.4. The van der Waals surface area contributed by atoms with Crippen LogP contribution < -0.4 is 5.32 Å². The van der Waals surface area contributed by atoms with Crippen molar-refractivity contribution in [3.8, 4) is 0 Å². The fraction of sp³-hybridized carbons (Fsp3) is 0.267. The molecule has 1 N–H and O–H groups in total. The Morgan fingerprint density at radius 1 is 1.26 bits per heavy atom. The minimum absolute atomic E-state index is 0.0770. The highest BCUT2D eigenvalue weighted by Gasteiger charge is 2.18. The van der Waals surface area contributed by atoms with Crippen molar-refractivity contribution in [2.75, 3.05) is 5.32 Å². The van der Waals surface area contributed by atoms with Crippen molar-refractivity contribution in [3.05, 3.63) is 53.0 Å². The smallest absolute Gasteiger partial charge is 0.224 e. The second kappa shape index (κ2) is 4.74. The van der Waals surface area contributed by atoms with E-state index < -0.39 is 0 Å². The molecule has 0 aliphatic carbocycles. The molecule has 98 valence electrons. The van der Waals surface area contributed by atoms with Gasteiger partial charge in [-0.25, -0.2) is 0 Å². The Morgan fingerprint density at radius 2 is 2.11 bits per heavy atom. The van der Waals surface area contributed by atoms with Crippen molar-refractivity contribution in [3.63, 3.8) is 0 Å². The molecule has 0 saturated carbocycles. The predicted molar refractivity (Wildman–Crippen MR) is 74.5 cm³/mol. The molecule has 3 nitrogen and oxygen atoms in total. The maximum absolute atomic E-state index is 11.3. The van der Waals surface area contributed by atoms with Gasteiger partial charge in [0, 0.05) is 17.7 Å². The zero-order valence-electron chi connectivity index (χ0n) is 10.6. The molecule has 1 aliphatic rings. The van der Waals surface area contributed by atoms with Gasteiger partial charge < -0.3 is 9.73 Å². The van der Waals surface area contributed by atoms with Gasteiger partial charge in [0.1, 0.15) is 5.76 Å². The van der Waals surface area contributed by atoms with Crippen LogP contribution >= 0.6 is 11.6 Å². The number of halogens is 1. The SMILES string of the molecule is Cc1cc(C(Cl)c2ccc3c(c2)CCC(=O)N3)co1. The molecule has 0 radical (unpaired) electrons. The molecular weight excluding hydrogens is 262 g/mol. The third kappa shape index (κ3) is 2.38. The first-order valence-corrected chi connectivity index (χ1v) is 6.69. The summed E-state index contributed by atoms with van der Waals surface area (Å²) in [4.78, 5) is 11.3. The first-order valence-electron chi connectivity index (χ1n) is 6.25. The Labute approximate surface area is 116 Å². The number of anilines is 1. The van der Waals surface area contributed by atoms with Crippen LogP contribution in [-0.2, 0) is 11.2 Å². The first kappa shape index (κ1) is 12.3. The maximum atomic E-state index is 11.3. The monoisotopic (exact) mass is 275 g/mol. The lowest BCUT2D eigenvalue weighted by atomic mass is 9.97. The molecule has 0 bridgehead atoms. The Balaban J connectivity index is 1.92. The van der Waals surface area contributed by atoms with Gasteiger partial charge in [-0.1, -0.05) is 12.1 Å². The lowest BCUT2D eigenvalue weighted by molar-refractivity contribution is -0.116. The van der Waals surface area contributed by atoms with Crippen LogP contribution in [0.5, 0.6) is 0 Å². The zero-order valence-corrected chi connectivity index (χ0v) is 11.3. The van der Waals surface area contributed by atoms with Gasteiger partial charge in [0.2, 0.25) is 5.91 Å². The van der Waals surface area contributed by atoms with Crippen molar-refractivity contribution in [1.82, 2.24) is 0 Å². The minimum atomic E-state index is -0.222. The van der Waals surface area contributed by atoms with Gasteiger partial charge in [0.05, 0.1) is 11.6 Å². The van der Waals surface area contributed by atoms with Crippen molar-refractivity contribution < 1.29 is 9.21 Å². The van der Waals surface area contributed by atoms with Crippen LogP contribution in [0.2, 0.25) is 0 Å². The van der Waals surface area contributed by atoms with E-state index in [0.717, 1.165) is 34.6 Å². The van der Waals surface area contributed by atoms with Crippen LogP contribution in [0.1, 0.15) is 34.2 Å². The van der Waals surface area contributed by atoms with Gasteiger partial charge in [-0.15, -0.1) is 11.6 Å². The molecule has 19 heavy (non-hydrogen) atoms. The van der Waals surface area contributed by atoms with Gasteiger partial charge >= 0.3 is 0 Å². The third-order valence-electron chi connectivity index (χ3n) is 3.36. The van der Waals surface area contributed by atoms with Crippen LogP contribution in [0.15, 0.2) is 34.9 Å². The summed E-state index contributed by atoms with van der Waals surface area (Å²) in [6, 6.07) is 7.88. The standard InChI is InChI=1S/C15H14ClNO2/c1-9-6-12(8-19-9)15(16)11-2-4-13-10(7-11)3-5-14(18)17-13/h2,4,6-8,15H,3,5H2,1H3,(H,17,18). The van der Waals surface area contributed by atoms with Gasteiger partial charge in [-0.05, 0) is 36.6 Å². The molecular formula is C15H14ClNO2. The number of furan rings is 1. The van der Waals surface area contributed by atoms with E-state index in [4.69, 9.17) is 16.0 Å². The number of alkyl halides is 1. The fourth-order valence-electron chi connectivity index (χ4n) is 2.35. The number of hydrogen-bond donors (Lipinski definition) is 1. The van der Waals surface area contributed by atoms with Gasteiger partial charge in [-0.2, -0.15) is 0 Å². The summed E-state index contributed by atoms with van der Waals surface area (Å²) in [6.45, 7) is 1.90. The number of hydrogen-bond acceptors (Lipinski definition) is 2. The Hall–Kier alpha value is -1.74. The summed E-state index contributed by atoms with van der Waals surface area (Å²) in [7, 11) is 0. The number of aryl methyl sites for hydroxylation is 2. The summed E-state index contributed by atoms with van der Waals surface area (Å²) in [6.07, 6.45) is 2.99. The number of benzene rings is 1. The fourth-order valence-corrected chi connectivity index (χ4v) is 2.60. The molecule has 0 spiro atoms. The molecule has 2 aromatic rings. The van der Waals surface area contributed by atoms with E-state index >= 15 is 0 Å². The Morgan fingerprint density at radius 3 is 2.84 bits per heavy atom. The molecule has 1 aliphatic heterocycles. The topological polar surface area (TPSA) is 42.2 Å². The van der Waals surface area contributed by atoms with Crippen LogP contribution in [0, 0.1) is 6.92 Å². The third-order valence-corrected chi connectivity index (χ3v) is 3.86. The average molecular weight is 276 g/mol. The first-order chi connectivity index (χ1) is 9.13. The summed E-state index contributed by atoms with van der Waals surface area (Å²) < 4.78 is 5.29. The molecule has 1 aromatic heterocycles. The molecule has 3 rings (SSSR count). The molecule has 1 amide bonds. The largest absolute Gasteiger partial charge is 0.469 e. The normalized spacial score (nSPS) is 15.8. The van der Waals surface area contributed by atoms with E-state index in [0.29, 0.717) is 6.42 Å². The molecule has 2 heterocycles. The predicted octanol–water partition coefficient (Wildman–Crippen LogP) is 3.80. The highest BCUT2D eigenvalue weighted by Crippen LogP contribution is 2.33. The second-order valence-corrected chi connectivity index (χ2v) is 5.25. The highest BCUT2D eigenvalue weighted by atomic mass is 35.5. The number of carbonyl (C=O) groups excluding carboxylic acids is 1. The number of fused-ring (bicyclic) bond motifs is 1. The van der Waals surface area contributed by atoms with E-state index in [-0.39, 0.29) is 11.3 Å². The van der Waals surface area contributed by atoms with Crippen molar-refractivity contribution >= 4 is 23.2 Å². The van der Waals surface area contributed by atoms with Gasteiger partial charge in [0.25, 0.3) is 0 Å². The molecule has 1 unspecified atom stereocenters. The lowest BCUT2D eigenvalue weighted by Crippen LogP contribution is -2.19. The molecule has 0 fully saturated rings. The van der Waals surface area contributed by atoms with Crippen molar-refractivity contribution in [1.29, 1.82) is 0 Å². The Kier molecular flexibility index (Phi) is 3.07. The van der Waals surface area contributed by atoms with E-state index in [1.807, 2.05) is 25.1 Å². The molecule has 0 saturated heterocycles. The molecule has 1 aromatic carbocycles. The van der Waals surface area contributed by atoms with Crippen LogP contribution in [0.4, 0.5) is 5.69 Å². The van der Waals surface area contributed by atoms with E-state index in [9.17, 15) is 4.79 Å². The van der Waals surface area contributed by atoms with Crippen LogP contribution in [0.25, 0.3) is 0 Å². The molecule has 1 atom stereocenters.